The van der Waals surface area contributed by atoms with Crippen molar-refractivity contribution in [2.75, 3.05) is 6.26 Å². The van der Waals surface area contributed by atoms with Gasteiger partial charge in [-0.05, 0) is 53.8 Å². The molecule has 0 aliphatic carbocycles. The number of nitrogens with one attached hydrogen (secondary N) is 1. The molecule has 3 rings (SSSR count). The average molecular weight is 364 g/mol. The number of benzene rings is 2. The van der Waals surface area contributed by atoms with Gasteiger partial charge in [-0.25, -0.2) is 0 Å². The number of phenols is 2. The Morgan fingerprint density at radius 1 is 0.962 bits per heavy atom. The van der Waals surface area contributed by atoms with Crippen LogP contribution in [0.25, 0.3) is 12.2 Å². The number of phenolic OH excluding ortho intramolecular Hbond substituents is 2. The standard InChI is InChI=1S/C21H20N2O2S/c1-26-21-22-17(10-8-15-4-2-6-19(24)12-15)14-18(23-21)11-9-16-5-3-7-20(25)13-16/h2-14,17,24-25H,1H3,(H,22,23)/b10-8+,11-9+. The van der Waals surface area contributed by atoms with Crippen LogP contribution in [0, 0.1) is 0 Å². The maximum Gasteiger partial charge on any atom is 0.161 e. The van der Waals surface area contributed by atoms with Gasteiger partial charge in [0.25, 0.3) is 0 Å². The Balaban J connectivity index is 1.78. The molecule has 2 aromatic rings. The SMILES string of the molecule is CSC1=NC(/C=C/c2cccc(O)c2)C=C(/C=C/c2cccc(O)c2)N1. The first-order chi connectivity index (χ1) is 12.6. The Bertz CT molecular complexity index is 900. The summed E-state index contributed by atoms with van der Waals surface area (Å²) in [5.41, 5.74) is 2.79. The fourth-order valence-corrected chi connectivity index (χ4v) is 2.95. The number of aliphatic imine (C=N–C) groups is 1. The van der Waals surface area contributed by atoms with Crippen LogP contribution >= 0.6 is 11.8 Å². The van der Waals surface area contributed by atoms with Crippen LogP contribution < -0.4 is 5.32 Å². The highest BCUT2D eigenvalue weighted by molar-refractivity contribution is 8.13. The van der Waals surface area contributed by atoms with Gasteiger partial charge in [-0.1, -0.05) is 54.3 Å². The van der Waals surface area contributed by atoms with E-state index >= 15 is 0 Å². The summed E-state index contributed by atoms with van der Waals surface area (Å²) in [5.74, 6) is 0.493. The number of allylic oxidation sites excluding steroid dienone is 1. The third-order valence-electron chi connectivity index (χ3n) is 3.74. The van der Waals surface area contributed by atoms with Crippen LogP contribution in [0.4, 0.5) is 0 Å². The molecule has 3 N–H and O–H groups in total. The fraction of sp³-hybridized carbons (Fsp3) is 0.0952. The summed E-state index contributed by atoms with van der Waals surface area (Å²) in [6, 6.07) is 14.1. The molecule has 26 heavy (non-hydrogen) atoms. The Morgan fingerprint density at radius 3 is 2.23 bits per heavy atom. The summed E-state index contributed by atoms with van der Waals surface area (Å²) in [6.07, 6.45) is 11.9. The van der Waals surface area contributed by atoms with Crippen molar-refractivity contribution in [3.05, 3.63) is 83.6 Å². The van der Waals surface area contributed by atoms with Crippen LogP contribution in [0.2, 0.25) is 0 Å². The lowest BCUT2D eigenvalue weighted by atomic mass is 10.1. The maximum absolute atomic E-state index is 9.56. The molecule has 5 heteroatoms. The van der Waals surface area contributed by atoms with Crippen molar-refractivity contribution in [1.29, 1.82) is 0 Å². The second kappa shape index (κ2) is 8.45. The first-order valence-electron chi connectivity index (χ1n) is 8.17. The van der Waals surface area contributed by atoms with E-state index in [1.54, 1.807) is 36.0 Å². The lowest BCUT2D eigenvalue weighted by Gasteiger charge is -2.17. The molecular weight excluding hydrogens is 344 g/mol. The number of rotatable bonds is 4. The molecule has 0 bridgehead atoms. The van der Waals surface area contributed by atoms with Gasteiger partial charge in [0.1, 0.15) is 11.5 Å². The number of amidine groups is 1. The Kier molecular flexibility index (Phi) is 5.81. The van der Waals surface area contributed by atoms with Gasteiger partial charge in [0.05, 0.1) is 6.04 Å². The van der Waals surface area contributed by atoms with Crippen molar-refractivity contribution < 1.29 is 10.2 Å². The topological polar surface area (TPSA) is 64.9 Å². The molecule has 0 saturated carbocycles. The number of aromatic hydroxyl groups is 2. The molecular formula is C21H20N2O2S. The Hall–Kier alpha value is -2.92. The highest BCUT2D eigenvalue weighted by atomic mass is 32.2. The van der Waals surface area contributed by atoms with Crippen LogP contribution in [0.5, 0.6) is 11.5 Å². The fourth-order valence-electron chi connectivity index (χ4n) is 2.51. The van der Waals surface area contributed by atoms with E-state index in [0.29, 0.717) is 0 Å². The van der Waals surface area contributed by atoms with E-state index in [1.165, 1.54) is 0 Å². The molecule has 0 amide bonds. The van der Waals surface area contributed by atoms with Crippen LogP contribution in [0.3, 0.4) is 0 Å². The lowest BCUT2D eigenvalue weighted by molar-refractivity contribution is 0.474. The molecule has 1 atom stereocenters. The van der Waals surface area contributed by atoms with Gasteiger partial charge in [0.2, 0.25) is 0 Å². The Morgan fingerprint density at radius 2 is 1.62 bits per heavy atom. The second-order valence-corrected chi connectivity index (χ2v) is 6.55. The zero-order chi connectivity index (χ0) is 18.4. The van der Waals surface area contributed by atoms with Gasteiger partial charge in [-0.15, -0.1) is 0 Å². The average Bonchev–Trinajstić information content (AvgIpc) is 2.65. The number of hydrogen-bond donors (Lipinski definition) is 3. The summed E-state index contributed by atoms with van der Waals surface area (Å²) < 4.78 is 0. The minimum Gasteiger partial charge on any atom is -0.508 e. The summed E-state index contributed by atoms with van der Waals surface area (Å²) in [6.45, 7) is 0. The van der Waals surface area contributed by atoms with Gasteiger partial charge < -0.3 is 15.5 Å². The zero-order valence-corrected chi connectivity index (χ0v) is 15.1. The molecule has 0 spiro atoms. The number of thioether (sulfide) groups is 1. The highest BCUT2D eigenvalue weighted by Gasteiger charge is 2.11. The molecule has 0 saturated heterocycles. The number of hydrogen-bond acceptors (Lipinski definition) is 5. The third kappa shape index (κ3) is 5.04. The van der Waals surface area contributed by atoms with Gasteiger partial charge >= 0.3 is 0 Å². The van der Waals surface area contributed by atoms with E-state index in [1.807, 2.05) is 60.9 Å². The van der Waals surface area contributed by atoms with Crippen molar-refractivity contribution >= 4 is 29.1 Å². The van der Waals surface area contributed by atoms with Crippen LogP contribution in [-0.2, 0) is 0 Å². The van der Waals surface area contributed by atoms with E-state index in [2.05, 4.69) is 10.3 Å². The summed E-state index contributed by atoms with van der Waals surface area (Å²) in [5, 5.41) is 23.2. The normalized spacial score (nSPS) is 17.2. The van der Waals surface area contributed by atoms with Crippen LogP contribution in [0.1, 0.15) is 11.1 Å². The molecule has 132 valence electrons. The number of nitrogens with zero attached hydrogens (tertiary/aromatic N) is 1. The quantitative estimate of drug-likeness (QED) is 0.752. The van der Waals surface area contributed by atoms with Gasteiger partial charge in [0.15, 0.2) is 5.17 Å². The van der Waals surface area contributed by atoms with Crippen LogP contribution in [0.15, 0.2) is 77.4 Å². The van der Waals surface area contributed by atoms with Crippen LogP contribution in [-0.4, -0.2) is 27.7 Å². The summed E-state index contributed by atoms with van der Waals surface area (Å²) >= 11 is 1.55. The van der Waals surface area contributed by atoms with E-state index in [-0.39, 0.29) is 17.5 Å². The van der Waals surface area contributed by atoms with Gasteiger partial charge in [0, 0.05) is 5.70 Å². The molecule has 4 nitrogen and oxygen atoms in total. The van der Waals surface area contributed by atoms with Gasteiger partial charge in [-0.3, -0.25) is 4.99 Å². The van der Waals surface area contributed by atoms with Crippen molar-refractivity contribution in [2.45, 2.75) is 6.04 Å². The summed E-state index contributed by atoms with van der Waals surface area (Å²) in [7, 11) is 0. The van der Waals surface area contributed by atoms with E-state index in [4.69, 9.17) is 0 Å². The first-order valence-corrected chi connectivity index (χ1v) is 9.40. The first kappa shape index (κ1) is 17.9. The zero-order valence-electron chi connectivity index (χ0n) is 14.3. The molecule has 0 radical (unpaired) electrons. The predicted octanol–water partition coefficient (Wildman–Crippen LogP) is 4.40. The summed E-state index contributed by atoms with van der Waals surface area (Å²) in [4.78, 5) is 4.63. The van der Waals surface area contributed by atoms with E-state index in [0.717, 1.165) is 22.0 Å². The Labute approximate surface area is 157 Å². The second-order valence-electron chi connectivity index (χ2n) is 5.76. The molecule has 1 unspecified atom stereocenters. The predicted molar refractivity (Wildman–Crippen MR) is 110 cm³/mol. The monoisotopic (exact) mass is 364 g/mol. The smallest absolute Gasteiger partial charge is 0.161 e. The van der Waals surface area contributed by atoms with Gasteiger partial charge in [-0.2, -0.15) is 0 Å². The highest BCUT2D eigenvalue weighted by Crippen LogP contribution is 2.18. The maximum atomic E-state index is 9.56. The van der Waals surface area contributed by atoms with Crippen molar-refractivity contribution in [1.82, 2.24) is 5.32 Å². The molecule has 2 aromatic carbocycles. The molecule has 1 aliphatic rings. The molecule has 0 fully saturated rings. The molecule has 1 aliphatic heterocycles. The van der Waals surface area contributed by atoms with Crippen molar-refractivity contribution in [2.24, 2.45) is 4.99 Å². The third-order valence-corrected chi connectivity index (χ3v) is 4.34. The van der Waals surface area contributed by atoms with Crippen molar-refractivity contribution in [3.8, 4) is 11.5 Å². The minimum absolute atomic E-state index is 0.0927. The molecule has 0 aromatic heterocycles. The largest absolute Gasteiger partial charge is 0.508 e. The molecule has 1 heterocycles. The van der Waals surface area contributed by atoms with Crippen molar-refractivity contribution in [3.63, 3.8) is 0 Å². The lowest BCUT2D eigenvalue weighted by Crippen LogP contribution is -2.25. The minimum atomic E-state index is -0.0927. The van der Waals surface area contributed by atoms with E-state index in [9.17, 15) is 10.2 Å². The van der Waals surface area contributed by atoms with E-state index < -0.39 is 0 Å².